The summed E-state index contributed by atoms with van der Waals surface area (Å²) >= 11 is 5.70. The Bertz CT molecular complexity index is 261. The van der Waals surface area contributed by atoms with Crippen molar-refractivity contribution in [2.24, 2.45) is 0 Å². The Morgan fingerprint density at radius 2 is 2.00 bits per heavy atom. The van der Waals surface area contributed by atoms with Crippen LogP contribution in [0.4, 0.5) is 8.78 Å². The molecule has 1 unspecified atom stereocenters. The van der Waals surface area contributed by atoms with E-state index in [1.54, 1.807) is 6.07 Å². The number of benzene rings is 1. The van der Waals surface area contributed by atoms with Gasteiger partial charge in [0.2, 0.25) is 0 Å². The van der Waals surface area contributed by atoms with E-state index >= 15 is 0 Å². The minimum Gasteiger partial charge on any atom is -0.230 e. The van der Waals surface area contributed by atoms with Gasteiger partial charge < -0.3 is 0 Å². The van der Waals surface area contributed by atoms with Gasteiger partial charge in [0, 0.05) is 10.0 Å². The average Bonchev–Trinajstić information content (AvgIpc) is 1.85. The van der Waals surface area contributed by atoms with Crippen LogP contribution in [-0.2, 0) is 0 Å². The number of halogens is 4. The SMILES string of the molecule is Fc1cc(Br)ccc1C(F)Br. The Morgan fingerprint density at radius 3 is 2.45 bits per heavy atom. The summed E-state index contributed by atoms with van der Waals surface area (Å²) in [5.74, 6) is -0.552. The lowest BCUT2D eigenvalue weighted by Gasteiger charge is -2.01. The maximum absolute atomic E-state index is 12.8. The highest BCUT2D eigenvalue weighted by atomic mass is 79.9. The Morgan fingerprint density at radius 1 is 1.36 bits per heavy atom. The molecule has 0 aromatic heterocycles. The normalized spacial score (nSPS) is 13.1. The molecule has 0 aliphatic rings. The van der Waals surface area contributed by atoms with E-state index in [9.17, 15) is 8.78 Å². The molecule has 0 heterocycles. The molecule has 0 N–H and O–H groups in total. The van der Waals surface area contributed by atoms with E-state index < -0.39 is 10.9 Å². The molecule has 0 radical (unpaired) electrons. The van der Waals surface area contributed by atoms with Crippen molar-refractivity contribution in [1.82, 2.24) is 0 Å². The quantitative estimate of drug-likeness (QED) is 0.686. The highest BCUT2D eigenvalue weighted by Crippen LogP contribution is 2.27. The molecule has 1 aromatic rings. The largest absolute Gasteiger partial charge is 0.230 e. The van der Waals surface area contributed by atoms with Crippen LogP contribution < -0.4 is 0 Å². The van der Waals surface area contributed by atoms with E-state index in [0.717, 1.165) is 0 Å². The van der Waals surface area contributed by atoms with Gasteiger partial charge in [-0.3, -0.25) is 0 Å². The fraction of sp³-hybridized carbons (Fsp3) is 0.143. The predicted molar refractivity (Wildman–Crippen MR) is 46.9 cm³/mol. The monoisotopic (exact) mass is 284 g/mol. The van der Waals surface area contributed by atoms with Crippen molar-refractivity contribution in [3.63, 3.8) is 0 Å². The summed E-state index contributed by atoms with van der Waals surface area (Å²) in [6.07, 6.45) is 0. The van der Waals surface area contributed by atoms with Crippen molar-refractivity contribution in [3.05, 3.63) is 34.1 Å². The smallest absolute Gasteiger partial charge is 0.182 e. The zero-order chi connectivity index (χ0) is 8.43. The molecule has 0 amide bonds. The van der Waals surface area contributed by atoms with Gasteiger partial charge in [-0.1, -0.05) is 22.0 Å². The first-order chi connectivity index (χ1) is 5.11. The number of alkyl halides is 2. The van der Waals surface area contributed by atoms with E-state index in [1.165, 1.54) is 12.1 Å². The topological polar surface area (TPSA) is 0 Å². The standard InChI is InChI=1S/C7H4Br2F2/c8-4-1-2-5(7(9)11)6(10)3-4/h1-3,7H. The molecule has 0 aliphatic carbocycles. The molecule has 11 heavy (non-hydrogen) atoms. The summed E-state index contributed by atoms with van der Waals surface area (Å²) in [4.78, 5) is 0. The van der Waals surface area contributed by atoms with Crippen molar-refractivity contribution >= 4 is 31.9 Å². The maximum Gasteiger partial charge on any atom is 0.182 e. The van der Waals surface area contributed by atoms with Gasteiger partial charge in [0.15, 0.2) is 5.08 Å². The fourth-order valence-corrected chi connectivity index (χ4v) is 1.38. The highest BCUT2D eigenvalue weighted by molar-refractivity contribution is 9.10. The molecular formula is C7H4Br2F2. The number of rotatable bonds is 1. The molecule has 1 rings (SSSR count). The predicted octanol–water partition coefficient (Wildman–Crippen LogP) is 3.95. The van der Waals surface area contributed by atoms with Crippen LogP contribution in [0.25, 0.3) is 0 Å². The maximum atomic E-state index is 12.8. The Labute approximate surface area is 79.9 Å². The second kappa shape index (κ2) is 3.63. The van der Waals surface area contributed by atoms with Gasteiger partial charge in [-0.05, 0) is 28.1 Å². The van der Waals surface area contributed by atoms with Gasteiger partial charge in [-0.15, -0.1) is 0 Å². The van der Waals surface area contributed by atoms with Gasteiger partial charge in [0.1, 0.15) is 5.82 Å². The van der Waals surface area contributed by atoms with Crippen LogP contribution in [0.15, 0.2) is 22.7 Å². The highest BCUT2D eigenvalue weighted by Gasteiger charge is 2.10. The van der Waals surface area contributed by atoms with Crippen molar-refractivity contribution in [2.45, 2.75) is 5.08 Å². The molecule has 1 atom stereocenters. The molecule has 0 nitrogen and oxygen atoms in total. The third-order valence-corrected chi connectivity index (χ3v) is 2.18. The van der Waals surface area contributed by atoms with Crippen LogP contribution in [0.3, 0.4) is 0 Å². The first kappa shape index (κ1) is 9.13. The third kappa shape index (κ3) is 2.24. The average molecular weight is 286 g/mol. The van der Waals surface area contributed by atoms with E-state index in [4.69, 9.17) is 0 Å². The van der Waals surface area contributed by atoms with Gasteiger partial charge in [-0.2, -0.15) is 0 Å². The van der Waals surface area contributed by atoms with E-state index in [0.29, 0.717) is 4.47 Å². The minimum absolute atomic E-state index is 0.0215. The lowest BCUT2D eigenvalue weighted by atomic mass is 10.2. The Balaban J connectivity index is 3.09. The van der Waals surface area contributed by atoms with Crippen LogP contribution >= 0.6 is 31.9 Å². The zero-order valence-electron chi connectivity index (χ0n) is 5.32. The summed E-state index contributed by atoms with van der Waals surface area (Å²) in [6, 6.07) is 4.20. The molecule has 4 heteroatoms. The molecule has 60 valence electrons. The Hall–Kier alpha value is 0.0400. The van der Waals surface area contributed by atoms with Crippen LogP contribution in [0, 0.1) is 5.82 Å². The molecule has 0 saturated carbocycles. The zero-order valence-corrected chi connectivity index (χ0v) is 8.49. The van der Waals surface area contributed by atoms with E-state index in [2.05, 4.69) is 31.9 Å². The summed E-state index contributed by atoms with van der Waals surface area (Å²) in [6.45, 7) is 0. The van der Waals surface area contributed by atoms with E-state index in [1.807, 2.05) is 0 Å². The van der Waals surface area contributed by atoms with Crippen LogP contribution in [-0.4, -0.2) is 0 Å². The molecule has 1 aromatic carbocycles. The summed E-state index contributed by atoms with van der Waals surface area (Å²) < 4.78 is 25.9. The first-order valence-corrected chi connectivity index (χ1v) is 4.55. The number of hydrogen-bond acceptors (Lipinski definition) is 0. The molecule has 0 bridgehead atoms. The number of hydrogen-bond donors (Lipinski definition) is 0. The Kier molecular flexibility index (Phi) is 3.01. The summed E-state index contributed by atoms with van der Waals surface area (Å²) in [5.41, 5.74) is 0.0215. The molecule has 0 fully saturated rings. The van der Waals surface area contributed by atoms with Crippen LogP contribution in [0.2, 0.25) is 0 Å². The van der Waals surface area contributed by atoms with Gasteiger partial charge in [0.05, 0.1) is 0 Å². The van der Waals surface area contributed by atoms with E-state index in [-0.39, 0.29) is 5.56 Å². The molecule has 0 spiro atoms. The molecule has 0 aliphatic heterocycles. The molecular weight excluding hydrogens is 282 g/mol. The second-order valence-electron chi connectivity index (χ2n) is 1.97. The van der Waals surface area contributed by atoms with Crippen molar-refractivity contribution in [3.8, 4) is 0 Å². The minimum atomic E-state index is -1.43. The van der Waals surface area contributed by atoms with Gasteiger partial charge in [0.25, 0.3) is 0 Å². The fourth-order valence-electron chi connectivity index (χ4n) is 0.678. The van der Waals surface area contributed by atoms with Crippen molar-refractivity contribution in [2.75, 3.05) is 0 Å². The second-order valence-corrected chi connectivity index (χ2v) is 3.69. The van der Waals surface area contributed by atoms with Crippen LogP contribution in [0.5, 0.6) is 0 Å². The van der Waals surface area contributed by atoms with Gasteiger partial charge >= 0.3 is 0 Å². The van der Waals surface area contributed by atoms with Crippen molar-refractivity contribution in [1.29, 1.82) is 0 Å². The van der Waals surface area contributed by atoms with Crippen LogP contribution in [0.1, 0.15) is 10.6 Å². The first-order valence-electron chi connectivity index (χ1n) is 2.84. The van der Waals surface area contributed by atoms with Crippen molar-refractivity contribution < 1.29 is 8.78 Å². The third-order valence-electron chi connectivity index (χ3n) is 1.20. The summed E-state index contributed by atoms with van der Waals surface area (Å²) in [5, 5.41) is -1.43. The summed E-state index contributed by atoms with van der Waals surface area (Å²) in [7, 11) is 0. The lowest BCUT2D eigenvalue weighted by molar-refractivity contribution is 0.458. The lowest BCUT2D eigenvalue weighted by Crippen LogP contribution is -1.87. The van der Waals surface area contributed by atoms with Gasteiger partial charge in [-0.25, -0.2) is 8.78 Å². The molecule has 0 saturated heterocycles.